The predicted molar refractivity (Wildman–Crippen MR) is 101 cm³/mol. The summed E-state index contributed by atoms with van der Waals surface area (Å²) in [6.45, 7) is 5.21. The summed E-state index contributed by atoms with van der Waals surface area (Å²) in [5, 5.41) is 5.83. The lowest BCUT2D eigenvalue weighted by Gasteiger charge is -2.34. The van der Waals surface area contributed by atoms with E-state index in [4.69, 9.17) is 4.42 Å². The fourth-order valence-corrected chi connectivity index (χ4v) is 3.82. The number of aryl methyl sites for hydroxylation is 1. The molecule has 0 aliphatic carbocycles. The fourth-order valence-electron chi connectivity index (χ4n) is 3.12. The summed E-state index contributed by atoms with van der Waals surface area (Å²) in [6, 6.07) is 5.11. The zero-order valence-corrected chi connectivity index (χ0v) is 15.2. The topological polar surface area (TPSA) is 83.6 Å². The van der Waals surface area contributed by atoms with Crippen LogP contribution in [0.25, 0.3) is 11.1 Å². The molecule has 1 N–H and O–H groups in total. The van der Waals surface area contributed by atoms with Gasteiger partial charge in [-0.05, 0) is 19.1 Å². The number of hydrogen-bond donors (Lipinski definition) is 1. The molecule has 1 aromatic carbocycles. The molecule has 8 nitrogen and oxygen atoms in total. The third kappa shape index (κ3) is 3.05. The number of aromatic nitrogens is 2. The molecule has 1 aliphatic rings. The third-order valence-corrected chi connectivity index (χ3v) is 5.32. The third-order valence-electron chi connectivity index (χ3n) is 4.49. The van der Waals surface area contributed by atoms with Crippen LogP contribution >= 0.6 is 11.3 Å². The van der Waals surface area contributed by atoms with Gasteiger partial charge in [-0.1, -0.05) is 0 Å². The van der Waals surface area contributed by atoms with E-state index in [-0.39, 0.29) is 11.8 Å². The quantitative estimate of drug-likeness (QED) is 0.762. The maximum Gasteiger partial charge on any atom is 0.419 e. The minimum Gasteiger partial charge on any atom is -0.408 e. The zero-order valence-electron chi connectivity index (χ0n) is 14.3. The molecule has 1 aliphatic heterocycles. The standard InChI is InChI=1S/C17H19N5O3S/c1-2-22-13-4-3-12(11-14(13)25-17(22)24)19-15(23)20-6-8-21(9-7-20)16-18-5-10-26-16/h3-5,10-11H,2,6-9H2,1H3,(H,19,23). The Balaban J connectivity index is 1.42. The normalized spacial score (nSPS) is 14.8. The lowest BCUT2D eigenvalue weighted by Crippen LogP contribution is -2.50. The highest BCUT2D eigenvalue weighted by Crippen LogP contribution is 2.21. The highest BCUT2D eigenvalue weighted by molar-refractivity contribution is 7.13. The molecule has 1 fully saturated rings. The number of benzene rings is 1. The van der Waals surface area contributed by atoms with Crippen LogP contribution in [0.5, 0.6) is 0 Å². The average Bonchev–Trinajstić information content (AvgIpc) is 3.28. The number of carbonyl (C=O) groups excluding carboxylic acids is 1. The van der Waals surface area contributed by atoms with Gasteiger partial charge in [-0.3, -0.25) is 4.57 Å². The van der Waals surface area contributed by atoms with Crippen molar-refractivity contribution < 1.29 is 9.21 Å². The molecule has 0 radical (unpaired) electrons. The SMILES string of the molecule is CCn1c(=O)oc2cc(NC(=O)N3CCN(c4nccs4)CC3)ccc21. The van der Waals surface area contributed by atoms with Crippen molar-refractivity contribution in [1.82, 2.24) is 14.5 Å². The number of nitrogens with one attached hydrogen (secondary N) is 1. The number of amides is 2. The average molecular weight is 373 g/mol. The van der Waals surface area contributed by atoms with Crippen molar-refractivity contribution in [3.63, 3.8) is 0 Å². The van der Waals surface area contributed by atoms with Crippen molar-refractivity contribution in [1.29, 1.82) is 0 Å². The van der Waals surface area contributed by atoms with Crippen LogP contribution in [0.1, 0.15) is 6.92 Å². The monoisotopic (exact) mass is 373 g/mol. The van der Waals surface area contributed by atoms with Crippen molar-refractivity contribution in [2.75, 3.05) is 36.4 Å². The lowest BCUT2D eigenvalue weighted by molar-refractivity contribution is 0.208. The molecule has 0 saturated carbocycles. The number of hydrogen-bond acceptors (Lipinski definition) is 6. The van der Waals surface area contributed by atoms with E-state index in [0.717, 1.165) is 23.7 Å². The van der Waals surface area contributed by atoms with Gasteiger partial charge < -0.3 is 19.5 Å². The minimum atomic E-state index is -0.385. The molecule has 3 heterocycles. The van der Waals surface area contributed by atoms with Crippen LogP contribution in [0.4, 0.5) is 15.6 Å². The van der Waals surface area contributed by atoms with Crippen molar-refractivity contribution in [2.45, 2.75) is 13.5 Å². The van der Waals surface area contributed by atoms with Gasteiger partial charge in [0, 0.05) is 56.1 Å². The van der Waals surface area contributed by atoms with Crippen molar-refractivity contribution in [3.8, 4) is 0 Å². The Morgan fingerprint density at radius 3 is 2.81 bits per heavy atom. The Bertz CT molecular complexity index is 970. The molecule has 26 heavy (non-hydrogen) atoms. The Hall–Kier alpha value is -2.81. The van der Waals surface area contributed by atoms with Crippen LogP contribution in [0.3, 0.4) is 0 Å². The first kappa shape index (κ1) is 16.6. The van der Waals surface area contributed by atoms with E-state index >= 15 is 0 Å². The van der Waals surface area contributed by atoms with Gasteiger partial charge in [0.1, 0.15) is 0 Å². The van der Waals surface area contributed by atoms with Crippen molar-refractivity contribution in [2.24, 2.45) is 0 Å². The van der Waals surface area contributed by atoms with E-state index in [2.05, 4.69) is 15.2 Å². The van der Waals surface area contributed by atoms with Gasteiger partial charge in [-0.15, -0.1) is 11.3 Å². The molecule has 0 atom stereocenters. The fraction of sp³-hybridized carbons (Fsp3) is 0.353. The first-order chi connectivity index (χ1) is 12.7. The summed E-state index contributed by atoms with van der Waals surface area (Å²) in [7, 11) is 0. The Morgan fingerprint density at radius 2 is 2.12 bits per heavy atom. The van der Waals surface area contributed by atoms with Crippen molar-refractivity contribution in [3.05, 3.63) is 40.3 Å². The molecule has 1 saturated heterocycles. The number of fused-ring (bicyclic) bond motifs is 1. The molecule has 3 aromatic rings. The highest BCUT2D eigenvalue weighted by atomic mass is 32.1. The summed E-state index contributed by atoms with van der Waals surface area (Å²) in [4.78, 5) is 32.6. The summed E-state index contributed by atoms with van der Waals surface area (Å²) < 4.78 is 6.80. The number of thiazole rings is 1. The number of piperazine rings is 1. The van der Waals surface area contributed by atoms with E-state index in [0.29, 0.717) is 30.9 Å². The Labute approximate surface area is 153 Å². The van der Waals surface area contributed by atoms with E-state index in [1.54, 1.807) is 45.2 Å². The maximum atomic E-state index is 12.5. The number of nitrogens with zero attached hydrogens (tertiary/aromatic N) is 4. The van der Waals surface area contributed by atoms with Crippen LogP contribution in [0, 0.1) is 0 Å². The second kappa shape index (κ2) is 6.83. The van der Waals surface area contributed by atoms with Crippen LogP contribution in [-0.2, 0) is 6.54 Å². The Kier molecular flexibility index (Phi) is 4.37. The lowest BCUT2D eigenvalue weighted by atomic mass is 10.3. The molecular weight excluding hydrogens is 354 g/mol. The van der Waals surface area contributed by atoms with E-state index in [1.807, 2.05) is 12.3 Å². The van der Waals surface area contributed by atoms with Crippen LogP contribution in [0.15, 0.2) is 39.0 Å². The second-order valence-electron chi connectivity index (χ2n) is 6.01. The number of carbonyl (C=O) groups is 1. The number of rotatable bonds is 3. The van der Waals surface area contributed by atoms with Gasteiger partial charge in [-0.2, -0.15) is 0 Å². The molecule has 2 amide bonds. The molecule has 9 heteroatoms. The zero-order chi connectivity index (χ0) is 18.1. The molecule has 2 aromatic heterocycles. The summed E-state index contributed by atoms with van der Waals surface area (Å²) in [6.07, 6.45) is 1.79. The van der Waals surface area contributed by atoms with Crippen LogP contribution in [-0.4, -0.2) is 46.7 Å². The number of anilines is 2. The largest absolute Gasteiger partial charge is 0.419 e. The molecule has 136 valence electrons. The van der Waals surface area contributed by atoms with E-state index in [1.165, 1.54) is 0 Å². The van der Waals surface area contributed by atoms with E-state index in [9.17, 15) is 9.59 Å². The molecule has 0 bridgehead atoms. The minimum absolute atomic E-state index is 0.152. The summed E-state index contributed by atoms with van der Waals surface area (Å²) in [5.41, 5.74) is 1.82. The van der Waals surface area contributed by atoms with E-state index < -0.39 is 0 Å². The van der Waals surface area contributed by atoms with Crippen LogP contribution < -0.4 is 16.0 Å². The molecule has 0 spiro atoms. The first-order valence-electron chi connectivity index (χ1n) is 8.49. The van der Waals surface area contributed by atoms with Crippen molar-refractivity contribution >= 4 is 39.3 Å². The predicted octanol–water partition coefficient (Wildman–Crippen LogP) is 2.43. The van der Waals surface area contributed by atoms with Gasteiger partial charge in [0.2, 0.25) is 0 Å². The summed E-state index contributed by atoms with van der Waals surface area (Å²) >= 11 is 1.61. The molecule has 4 rings (SSSR count). The Morgan fingerprint density at radius 1 is 1.31 bits per heavy atom. The molecule has 0 unspecified atom stereocenters. The smallest absolute Gasteiger partial charge is 0.408 e. The molecular formula is C17H19N5O3S. The first-order valence-corrected chi connectivity index (χ1v) is 9.37. The van der Waals surface area contributed by atoms with Gasteiger partial charge in [-0.25, -0.2) is 14.6 Å². The van der Waals surface area contributed by atoms with Gasteiger partial charge in [0.05, 0.1) is 5.52 Å². The maximum absolute atomic E-state index is 12.5. The van der Waals surface area contributed by atoms with Gasteiger partial charge >= 0.3 is 11.8 Å². The highest BCUT2D eigenvalue weighted by Gasteiger charge is 2.22. The second-order valence-corrected chi connectivity index (χ2v) is 6.89. The van der Waals surface area contributed by atoms with Gasteiger partial charge in [0.15, 0.2) is 10.7 Å². The summed E-state index contributed by atoms with van der Waals surface area (Å²) in [5.74, 6) is -0.385. The number of oxazole rings is 1. The van der Waals surface area contributed by atoms with Gasteiger partial charge in [0.25, 0.3) is 0 Å². The number of urea groups is 1. The van der Waals surface area contributed by atoms with Crippen LogP contribution in [0.2, 0.25) is 0 Å².